The number of hydrogen-bond donors (Lipinski definition) is 1. The molecule has 0 aliphatic rings. The predicted molar refractivity (Wildman–Crippen MR) is 28.3 cm³/mol. The van der Waals surface area contributed by atoms with Crippen LogP contribution in [0.5, 0.6) is 0 Å². The molecule has 0 saturated carbocycles. The van der Waals surface area contributed by atoms with Gasteiger partial charge < -0.3 is 14.5 Å². The topological polar surface area (TPSA) is 92.5 Å². The Morgan fingerprint density at radius 3 is 2.67 bits per heavy atom. The van der Waals surface area contributed by atoms with Gasteiger partial charge in [0.2, 0.25) is 5.91 Å². The molecule has 2 N–H and O–H groups in total. The van der Waals surface area contributed by atoms with Gasteiger partial charge in [-0.15, -0.1) is 0 Å². The highest BCUT2D eigenvalue weighted by molar-refractivity contribution is 7.74. The largest absolute Gasteiger partial charge is 0.740 e. The number of nitrogens with two attached hydrogens (primary N) is 1. The van der Waals surface area contributed by atoms with Crippen molar-refractivity contribution in [1.82, 2.24) is 0 Å². The Balaban J connectivity index is 3.48. The molecule has 0 aromatic carbocycles. The highest BCUT2D eigenvalue weighted by Gasteiger charge is 1.80. The minimum atomic E-state index is -2.63. The van der Waals surface area contributed by atoms with Crippen molar-refractivity contribution in [3.05, 3.63) is 12.3 Å². The maximum Gasteiger partial charge on any atom is 0.244 e. The third-order valence-corrected chi connectivity index (χ3v) is 0.635. The predicted octanol–water partition coefficient (Wildman–Crippen LogP) is -1.20. The Hall–Kier alpha value is -0.880. The lowest BCUT2D eigenvalue weighted by Gasteiger charge is -1.98. The van der Waals surface area contributed by atoms with Crippen LogP contribution in [0.25, 0.3) is 0 Å². The van der Waals surface area contributed by atoms with Crippen molar-refractivity contribution in [3.63, 3.8) is 0 Å². The normalized spacial score (nSPS) is 13.4. The first-order valence-corrected chi connectivity index (χ1v) is 2.85. The zero-order valence-electron chi connectivity index (χ0n) is 4.27. The third kappa shape index (κ3) is 7.12. The summed E-state index contributed by atoms with van der Waals surface area (Å²) in [6.07, 6.45) is 1.47. The molecule has 1 amide bonds. The molecule has 5 nitrogen and oxygen atoms in total. The highest BCUT2D eigenvalue weighted by atomic mass is 32.2. The van der Waals surface area contributed by atoms with Gasteiger partial charge in [-0.3, -0.25) is 4.79 Å². The monoisotopic (exact) mass is 150 g/mol. The fraction of sp³-hybridized carbons (Fsp3) is 0. The number of hydrogen-bond acceptors (Lipinski definition) is 4. The van der Waals surface area contributed by atoms with Crippen molar-refractivity contribution < 1.29 is 17.7 Å². The molecule has 1 unspecified atom stereocenters. The molecule has 1 atom stereocenters. The van der Waals surface area contributed by atoms with Crippen molar-refractivity contribution in [3.8, 4) is 0 Å². The van der Waals surface area contributed by atoms with E-state index in [9.17, 15) is 13.6 Å². The summed E-state index contributed by atoms with van der Waals surface area (Å²) in [7, 11) is 0. The smallest absolute Gasteiger partial charge is 0.244 e. The van der Waals surface area contributed by atoms with Gasteiger partial charge in [-0.2, -0.15) is 0 Å². The van der Waals surface area contributed by atoms with E-state index in [4.69, 9.17) is 0 Å². The maximum atomic E-state index is 9.84. The second kappa shape index (κ2) is 4.04. The van der Waals surface area contributed by atoms with Gasteiger partial charge >= 0.3 is 0 Å². The summed E-state index contributed by atoms with van der Waals surface area (Å²) >= 11 is -2.63. The number of primary amides is 1. The Labute approximate surface area is 54.0 Å². The molecule has 0 saturated heterocycles. The number of rotatable bonds is 3. The van der Waals surface area contributed by atoms with E-state index in [2.05, 4.69) is 9.92 Å². The Kier molecular flexibility index (Phi) is 3.65. The summed E-state index contributed by atoms with van der Waals surface area (Å²) in [6, 6.07) is 0. The lowest BCUT2D eigenvalue weighted by molar-refractivity contribution is -0.113. The van der Waals surface area contributed by atoms with E-state index in [0.29, 0.717) is 6.26 Å². The van der Waals surface area contributed by atoms with E-state index >= 15 is 0 Å². The van der Waals surface area contributed by atoms with Gasteiger partial charge in [0.05, 0.1) is 0 Å². The van der Waals surface area contributed by atoms with Gasteiger partial charge in [-0.1, -0.05) is 0 Å². The van der Waals surface area contributed by atoms with Crippen LogP contribution in [0.3, 0.4) is 0 Å². The summed E-state index contributed by atoms with van der Waals surface area (Å²) in [5.41, 5.74) is 4.57. The molecule has 0 spiro atoms. The number of carbonyl (C=O) groups excluding carboxylic acids is 1. The summed E-state index contributed by atoms with van der Waals surface area (Å²) < 4.78 is 22.9. The Morgan fingerprint density at radius 1 is 1.78 bits per heavy atom. The minimum Gasteiger partial charge on any atom is -0.740 e. The summed E-state index contributed by atoms with van der Waals surface area (Å²) in [4.78, 5) is 9.84. The van der Waals surface area contributed by atoms with Crippen molar-refractivity contribution in [2.45, 2.75) is 0 Å². The average Bonchev–Trinajstić information content (AvgIpc) is 1.63. The zero-order chi connectivity index (χ0) is 7.28. The molecule has 52 valence electrons. The maximum absolute atomic E-state index is 9.84. The molecular weight excluding hydrogens is 146 g/mol. The lowest BCUT2D eigenvalue weighted by Crippen LogP contribution is -2.05. The van der Waals surface area contributed by atoms with E-state index < -0.39 is 17.3 Å². The van der Waals surface area contributed by atoms with E-state index in [1.165, 1.54) is 0 Å². The molecule has 0 aromatic rings. The first-order chi connectivity index (χ1) is 4.13. The molecule has 0 bridgehead atoms. The van der Waals surface area contributed by atoms with E-state index in [0.717, 1.165) is 6.08 Å². The average molecular weight is 150 g/mol. The van der Waals surface area contributed by atoms with Crippen LogP contribution in [0.15, 0.2) is 12.3 Å². The van der Waals surface area contributed by atoms with Crippen LogP contribution in [-0.2, 0) is 20.3 Å². The van der Waals surface area contributed by atoms with Crippen LogP contribution in [0.4, 0.5) is 0 Å². The number of carbonyl (C=O) groups is 1. The molecule has 6 heteroatoms. The fourth-order valence-electron chi connectivity index (χ4n) is 0.140. The zero-order valence-corrected chi connectivity index (χ0v) is 5.09. The highest BCUT2D eigenvalue weighted by Crippen LogP contribution is 1.78. The summed E-state index contributed by atoms with van der Waals surface area (Å²) in [5.74, 6) is -0.763. The SMILES string of the molecule is NC(=O)C=COS(=O)[O-]. The second-order valence-corrected chi connectivity index (χ2v) is 1.61. The molecule has 0 aliphatic heterocycles. The molecule has 0 rings (SSSR count). The van der Waals surface area contributed by atoms with Crippen molar-refractivity contribution >= 4 is 17.3 Å². The molecule has 0 fully saturated rings. The van der Waals surface area contributed by atoms with Crippen LogP contribution < -0.4 is 5.73 Å². The van der Waals surface area contributed by atoms with Gasteiger partial charge in [0.25, 0.3) is 0 Å². The fourth-order valence-corrected chi connectivity index (χ4v) is 0.286. The van der Waals surface area contributed by atoms with E-state index in [1.54, 1.807) is 0 Å². The standard InChI is InChI=1S/C3H5NO4S/c4-3(5)1-2-8-9(6)7/h1-2H,(H2,4,5)(H,6,7)/p-1. The van der Waals surface area contributed by atoms with E-state index in [1.807, 2.05) is 0 Å². The van der Waals surface area contributed by atoms with Crippen molar-refractivity contribution in [1.29, 1.82) is 0 Å². The van der Waals surface area contributed by atoms with E-state index in [-0.39, 0.29) is 0 Å². The second-order valence-electron chi connectivity index (χ2n) is 1.01. The van der Waals surface area contributed by atoms with Gasteiger partial charge in [0, 0.05) is 6.08 Å². The summed E-state index contributed by atoms with van der Waals surface area (Å²) in [5, 5.41) is 0. The van der Waals surface area contributed by atoms with Gasteiger partial charge in [0.1, 0.15) is 17.6 Å². The molecule has 0 aliphatic carbocycles. The Bertz CT molecular complexity index is 154. The van der Waals surface area contributed by atoms with Crippen LogP contribution in [0.2, 0.25) is 0 Å². The molecular formula is C3H4NO4S-. The quantitative estimate of drug-likeness (QED) is 0.310. The van der Waals surface area contributed by atoms with Crippen molar-refractivity contribution in [2.24, 2.45) is 5.73 Å². The Morgan fingerprint density at radius 2 is 2.33 bits per heavy atom. The summed E-state index contributed by atoms with van der Waals surface area (Å²) in [6.45, 7) is 0. The van der Waals surface area contributed by atoms with Crippen LogP contribution in [0.1, 0.15) is 0 Å². The molecule has 9 heavy (non-hydrogen) atoms. The number of amides is 1. The van der Waals surface area contributed by atoms with Crippen LogP contribution >= 0.6 is 0 Å². The molecule has 0 radical (unpaired) electrons. The van der Waals surface area contributed by atoms with Crippen LogP contribution in [0, 0.1) is 0 Å². The molecule has 0 aromatic heterocycles. The van der Waals surface area contributed by atoms with Gasteiger partial charge in [0.15, 0.2) is 0 Å². The first-order valence-electron chi connectivity index (χ1n) is 1.85. The molecule has 0 heterocycles. The van der Waals surface area contributed by atoms with Crippen molar-refractivity contribution in [2.75, 3.05) is 0 Å². The van der Waals surface area contributed by atoms with Gasteiger partial charge in [-0.05, 0) is 0 Å². The van der Waals surface area contributed by atoms with Crippen LogP contribution in [-0.4, -0.2) is 14.7 Å². The lowest BCUT2D eigenvalue weighted by atomic mass is 10.6. The first kappa shape index (κ1) is 8.12. The third-order valence-electron chi connectivity index (χ3n) is 0.366. The van der Waals surface area contributed by atoms with Gasteiger partial charge in [-0.25, -0.2) is 4.21 Å². The minimum absolute atomic E-state index is 0.686.